The Kier molecular flexibility index (Phi) is 5.44. The van der Waals surface area contributed by atoms with E-state index in [1.807, 2.05) is 30.0 Å². The molecule has 1 aliphatic rings. The minimum Gasteiger partial charge on any atom is -0.383 e. The molecular formula is C21H25N5O3. The number of ether oxygens (including phenoxy) is 1. The van der Waals surface area contributed by atoms with Gasteiger partial charge in [0.25, 0.3) is 5.91 Å². The van der Waals surface area contributed by atoms with Crippen LogP contribution < -0.4 is 5.69 Å². The lowest BCUT2D eigenvalue weighted by atomic mass is 10.0. The molecule has 1 saturated heterocycles. The van der Waals surface area contributed by atoms with E-state index in [0.29, 0.717) is 37.5 Å². The first kappa shape index (κ1) is 19.3. The zero-order valence-electron chi connectivity index (χ0n) is 16.7. The molecule has 4 heterocycles. The van der Waals surface area contributed by atoms with E-state index < -0.39 is 0 Å². The molecule has 29 heavy (non-hydrogen) atoms. The molecule has 8 nitrogen and oxygen atoms in total. The van der Waals surface area contributed by atoms with Gasteiger partial charge in [-0.3, -0.25) is 18.9 Å². The normalized spacial score (nSPS) is 17.0. The predicted octanol–water partition coefficient (Wildman–Crippen LogP) is 2.03. The van der Waals surface area contributed by atoms with Crippen LogP contribution >= 0.6 is 0 Å². The molecule has 1 fully saturated rings. The first-order chi connectivity index (χ1) is 14.1. The quantitative estimate of drug-likeness (QED) is 0.660. The zero-order valence-corrected chi connectivity index (χ0v) is 16.7. The average molecular weight is 395 g/mol. The maximum absolute atomic E-state index is 13.2. The molecule has 0 bridgehead atoms. The van der Waals surface area contributed by atoms with E-state index in [0.717, 1.165) is 24.1 Å². The van der Waals surface area contributed by atoms with E-state index in [1.165, 1.54) is 0 Å². The summed E-state index contributed by atoms with van der Waals surface area (Å²) in [7, 11) is 1.62. The summed E-state index contributed by atoms with van der Waals surface area (Å²) in [5.41, 5.74) is 2.79. The van der Waals surface area contributed by atoms with Crippen LogP contribution in [0.4, 0.5) is 0 Å². The van der Waals surface area contributed by atoms with Crippen LogP contribution in [0.15, 0.2) is 41.5 Å². The molecule has 8 heteroatoms. The second-order valence-corrected chi connectivity index (χ2v) is 7.38. The Labute approximate surface area is 168 Å². The Morgan fingerprint density at radius 2 is 2.14 bits per heavy atom. The number of nitrogens with zero attached hydrogens (tertiary/aromatic N) is 5. The Bertz CT molecular complexity index is 1070. The monoisotopic (exact) mass is 395 g/mol. The minimum absolute atomic E-state index is 0.0497. The topological polar surface area (TPSA) is 82.2 Å². The fourth-order valence-corrected chi connectivity index (χ4v) is 3.96. The smallest absolute Gasteiger partial charge is 0.330 e. The number of carbonyl (C=O) groups is 1. The van der Waals surface area contributed by atoms with E-state index in [2.05, 4.69) is 9.97 Å². The number of likely N-dealkylation sites (tertiary alicyclic amines) is 1. The number of hydrogen-bond acceptors (Lipinski definition) is 5. The van der Waals surface area contributed by atoms with Crippen molar-refractivity contribution in [1.29, 1.82) is 0 Å². The van der Waals surface area contributed by atoms with Gasteiger partial charge in [0.15, 0.2) is 5.65 Å². The fourth-order valence-electron chi connectivity index (χ4n) is 3.96. The molecule has 3 aromatic rings. The fraction of sp³-hybridized carbons (Fsp3) is 0.429. The number of methoxy groups -OCH3 is 1. The number of carbonyl (C=O) groups excluding carboxylic acids is 1. The van der Waals surface area contributed by atoms with Crippen molar-refractivity contribution < 1.29 is 9.53 Å². The van der Waals surface area contributed by atoms with Crippen molar-refractivity contribution in [2.24, 2.45) is 0 Å². The van der Waals surface area contributed by atoms with Crippen LogP contribution in [0.3, 0.4) is 0 Å². The zero-order chi connectivity index (χ0) is 20.4. The summed E-state index contributed by atoms with van der Waals surface area (Å²) < 4.78 is 8.61. The lowest BCUT2D eigenvalue weighted by molar-refractivity contribution is 0.0678. The van der Waals surface area contributed by atoms with Crippen LogP contribution in [0.2, 0.25) is 0 Å². The second-order valence-electron chi connectivity index (χ2n) is 7.38. The van der Waals surface area contributed by atoms with Gasteiger partial charge in [0.2, 0.25) is 0 Å². The second kappa shape index (κ2) is 8.16. The third-order valence-electron chi connectivity index (χ3n) is 5.45. The Morgan fingerprint density at radius 1 is 1.28 bits per heavy atom. The number of aryl methyl sites for hydroxylation is 1. The first-order valence-corrected chi connectivity index (χ1v) is 9.86. The summed E-state index contributed by atoms with van der Waals surface area (Å²) in [6.45, 7) is 3.96. The summed E-state index contributed by atoms with van der Waals surface area (Å²) in [6.07, 6.45) is 4.98. The summed E-state index contributed by atoms with van der Waals surface area (Å²) in [6, 6.07) is 7.26. The van der Waals surface area contributed by atoms with Gasteiger partial charge in [-0.1, -0.05) is 0 Å². The van der Waals surface area contributed by atoms with Crippen molar-refractivity contribution in [1.82, 2.24) is 24.0 Å². The van der Waals surface area contributed by atoms with Gasteiger partial charge in [-0.05, 0) is 44.0 Å². The molecule has 0 spiro atoms. The van der Waals surface area contributed by atoms with Gasteiger partial charge in [0, 0.05) is 38.3 Å². The molecule has 0 unspecified atom stereocenters. The average Bonchev–Trinajstić information content (AvgIpc) is 3.03. The first-order valence-electron chi connectivity index (χ1n) is 9.86. The highest BCUT2D eigenvalue weighted by molar-refractivity contribution is 5.94. The van der Waals surface area contributed by atoms with Crippen molar-refractivity contribution in [3.8, 4) is 0 Å². The third-order valence-corrected chi connectivity index (χ3v) is 5.45. The van der Waals surface area contributed by atoms with Crippen LogP contribution in [0.5, 0.6) is 0 Å². The van der Waals surface area contributed by atoms with Crippen molar-refractivity contribution in [2.45, 2.75) is 32.4 Å². The van der Waals surface area contributed by atoms with Gasteiger partial charge in [-0.25, -0.2) is 9.78 Å². The van der Waals surface area contributed by atoms with E-state index in [4.69, 9.17) is 4.74 Å². The Morgan fingerprint density at radius 3 is 2.90 bits per heavy atom. The van der Waals surface area contributed by atoms with Gasteiger partial charge in [-0.15, -0.1) is 0 Å². The molecular weight excluding hydrogens is 370 g/mol. The number of fused-ring (bicyclic) bond motifs is 1. The van der Waals surface area contributed by atoms with Crippen molar-refractivity contribution in [2.75, 3.05) is 26.8 Å². The number of amides is 1. The molecule has 0 radical (unpaired) electrons. The number of aromatic nitrogens is 4. The van der Waals surface area contributed by atoms with Gasteiger partial charge in [-0.2, -0.15) is 0 Å². The van der Waals surface area contributed by atoms with E-state index in [9.17, 15) is 9.59 Å². The maximum Gasteiger partial charge on any atom is 0.330 e. The molecule has 152 valence electrons. The number of pyridine rings is 2. The summed E-state index contributed by atoms with van der Waals surface area (Å²) in [5, 5.41) is 0. The number of rotatable bonds is 5. The number of hydrogen-bond donors (Lipinski definition) is 0. The Hall–Kier alpha value is -3.00. The van der Waals surface area contributed by atoms with E-state index >= 15 is 0 Å². The minimum atomic E-state index is -0.111. The largest absolute Gasteiger partial charge is 0.383 e. The van der Waals surface area contributed by atoms with Crippen LogP contribution in [0.1, 0.15) is 34.9 Å². The van der Waals surface area contributed by atoms with E-state index in [-0.39, 0.29) is 17.6 Å². The highest BCUT2D eigenvalue weighted by Gasteiger charge is 2.29. The number of imidazole rings is 1. The summed E-state index contributed by atoms with van der Waals surface area (Å²) in [4.78, 5) is 36.7. The molecule has 1 amide bonds. The van der Waals surface area contributed by atoms with Crippen molar-refractivity contribution >= 4 is 17.1 Å². The lowest BCUT2D eigenvalue weighted by Crippen LogP contribution is -2.43. The highest BCUT2D eigenvalue weighted by Crippen LogP contribution is 2.25. The van der Waals surface area contributed by atoms with Gasteiger partial charge in [0.05, 0.1) is 30.3 Å². The molecule has 0 aliphatic carbocycles. The molecule has 0 saturated carbocycles. The number of piperidine rings is 1. The van der Waals surface area contributed by atoms with Crippen LogP contribution in [-0.4, -0.2) is 56.7 Å². The predicted molar refractivity (Wildman–Crippen MR) is 109 cm³/mol. The third kappa shape index (κ3) is 3.67. The summed E-state index contributed by atoms with van der Waals surface area (Å²) in [5.74, 6) is -0.0497. The Balaban J connectivity index is 1.65. The molecule has 3 aromatic heterocycles. The highest BCUT2D eigenvalue weighted by atomic mass is 16.5. The maximum atomic E-state index is 13.2. The van der Waals surface area contributed by atoms with E-state index in [1.54, 1.807) is 34.7 Å². The van der Waals surface area contributed by atoms with Crippen molar-refractivity contribution in [3.63, 3.8) is 0 Å². The van der Waals surface area contributed by atoms with Gasteiger partial charge >= 0.3 is 5.69 Å². The molecule has 0 aromatic carbocycles. The molecule has 1 aliphatic heterocycles. The van der Waals surface area contributed by atoms with Gasteiger partial charge in [0.1, 0.15) is 0 Å². The lowest BCUT2D eigenvalue weighted by Gasteiger charge is -2.33. The molecule has 1 atom stereocenters. The molecule has 0 N–H and O–H groups in total. The van der Waals surface area contributed by atoms with Gasteiger partial charge < -0.3 is 9.64 Å². The van der Waals surface area contributed by atoms with Crippen molar-refractivity contribution in [3.05, 3.63) is 58.4 Å². The van der Waals surface area contributed by atoms with Crippen LogP contribution in [0.25, 0.3) is 11.2 Å². The standard InChI is InChI=1S/C21H25N5O3/c1-15-7-8-16(13-23-15)20(27)24-10-4-5-17(14-24)26-19-18(6-3-9-22-19)25(21(26)28)11-12-29-2/h3,6-9,13,17H,4-5,10-12,14H2,1-2H3/t17-/m0/s1. The SMILES string of the molecule is COCCn1c(=O)n([C@H]2CCCN(C(=O)c3ccc(C)nc3)C2)c2ncccc21. The summed E-state index contributed by atoms with van der Waals surface area (Å²) >= 11 is 0. The molecule has 4 rings (SSSR count). The van der Waals surface area contributed by atoms with Crippen LogP contribution in [-0.2, 0) is 11.3 Å². The van der Waals surface area contributed by atoms with Crippen LogP contribution in [0, 0.1) is 6.92 Å².